The lowest BCUT2D eigenvalue weighted by Crippen LogP contribution is -2.46. The third kappa shape index (κ3) is 5.22. The molecule has 0 aromatic heterocycles. The van der Waals surface area contributed by atoms with Crippen LogP contribution in [0, 0.1) is 16.0 Å². The summed E-state index contributed by atoms with van der Waals surface area (Å²) in [6.07, 6.45) is 3.50. The number of benzene rings is 2. The Kier molecular flexibility index (Phi) is 6.76. The molecule has 1 saturated heterocycles. The molecule has 0 atom stereocenters. The highest BCUT2D eigenvalue weighted by Crippen LogP contribution is 2.34. The van der Waals surface area contributed by atoms with Gasteiger partial charge in [-0.1, -0.05) is 19.1 Å². The van der Waals surface area contributed by atoms with E-state index in [-0.39, 0.29) is 22.4 Å². The van der Waals surface area contributed by atoms with Gasteiger partial charge in [-0.05, 0) is 55.9 Å². The standard InChI is InChI=1S/C23H30N4O5S/c1-17-6-8-18(9-7-17)24-33(31,32)19-10-11-20(22(16-19)27(29)30)25-12-14-26(15-13-25)21-4-2-3-5-23(21)28/h2-5,10-11,16-18,24,28H,6-9,12-15H2,1H3. The predicted molar refractivity (Wildman–Crippen MR) is 127 cm³/mol. The second kappa shape index (κ2) is 9.56. The molecule has 33 heavy (non-hydrogen) atoms. The largest absolute Gasteiger partial charge is 0.506 e. The molecule has 2 fully saturated rings. The molecular formula is C23H30N4O5S. The molecule has 0 unspecified atom stereocenters. The topological polar surface area (TPSA) is 116 Å². The number of phenolic OH excluding ortho intramolecular Hbond substituents is 1. The summed E-state index contributed by atoms with van der Waals surface area (Å²) in [7, 11) is -3.84. The van der Waals surface area contributed by atoms with Gasteiger partial charge in [0, 0.05) is 38.3 Å². The van der Waals surface area contributed by atoms with Crippen LogP contribution in [0.2, 0.25) is 0 Å². The fourth-order valence-electron chi connectivity index (χ4n) is 4.67. The number of nitro groups is 1. The smallest absolute Gasteiger partial charge is 0.293 e. The van der Waals surface area contributed by atoms with Crippen molar-refractivity contribution in [2.75, 3.05) is 36.0 Å². The second-order valence-electron chi connectivity index (χ2n) is 8.95. The SMILES string of the molecule is CC1CCC(NS(=O)(=O)c2ccc(N3CCN(c4ccccc4O)CC3)c([N+](=O)[O-])c2)CC1. The van der Waals surface area contributed by atoms with E-state index in [0.29, 0.717) is 37.8 Å². The Balaban J connectivity index is 1.50. The van der Waals surface area contributed by atoms with Gasteiger partial charge in [0.05, 0.1) is 15.5 Å². The zero-order chi connectivity index (χ0) is 23.6. The van der Waals surface area contributed by atoms with Crippen LogP contribution in [-0.4, -0.2) is 50.7 Å². The zero-order valence-corrected chi connectivity index (χ0v) is 19.5. The number of phenols is 1. The molecule has 1 saturated carbocycles. The van der Waals surface area contributed by atoms with Crippen molar-refractivity contribution in [3.05, 3.63) is 52.6 Å². The van der Waals surface area contributed by atoms with Gasteiger partial charge in [-0.3, -0.25) is 10.1 Å². The number of para-hydroxylation sites is 2. The summed E-state index contributed by atoms with van der Waals surface area (Å²) in [5.41, 5.74) is 0.921. The van der Waals surface area contributed by atoms with Crippen LogP contribution >= 0.6 is 0 Å². The molecule has 0 bridgehead atoms. The first-order valence-corrected chi connectivity index (χ1v) is 12.8. The molecule has 2 aliphatic rings. The van der Waals surface area contributed by atoms with Gasteiger partial charge >= 0.3 is 0 Å². The fraction of sp³-hybridized carbons (Fsp3) is 0.478. The van der Waals surface area contributed by atoms with Crippen molar-refractivity contribution in [2.45, 2.75) is 43.5 Å². The van der Waals surface area contributed by atoms with Gasteiger partial charge in [-0.25, -0.2) is 13.1 Å². The monoisotopic (exact) mass is 474 g/mol. The lowest BCUT2D eigenvalue weighted by atomic mass is 9.88. The first-order chi connectivity index (χ1) is 15.7. The predicted octanol–water partition coefficient (Wildman–Crippen LogP) is 3.48. The second-order valence-corrected chi connectivity index (χ2v) is 10.7. The molecule has 2 aromatic carbocycles. The molecule has 0 radical (unpaired) electrons. The highest BCUT2D eigenvalue weighted by Gasteiger charge is 2.29. The zero-order valence-electron chi connectivity index (χ0n) is 18.7. The average Bonchev–Trinajstić information content (AvgIpc) is 2.80. The molecule has 9 nitrogen and oxygen atoms in total. The van der Waals surface area contributed by atoms with E-state index in [0.717, 1.165) is 31.4 Å². The van der Waals surface area contributed by atoms with Crippen molar-refractivity contribution in [2.24, 2.45) is 5.92 Å². The Morgan fingerprint density at radius 3 is 2.18 bits per heavy atom. The Bertz CT molecular complexity index is 1110. The summed E-state index contributed by atoms with van der Waals surface area (Å²) in [5.74, 6) is 0.795. The molecule has 0 spiro atoms. The summed E-state index contributed by atoms with van der Waals surface area (Å²) < 4.78 is 28.5. The number of nitrogens with one attached hydrogen (secondary N) is 1. The van der Waals surface area contributed by atoms with Crippen molar-refractivity contribution in [1.82, 2.24) is 4.72 Å². The van der Waals surface area contributed by atoms with Crippen LogP contribution in [0.3, 0.4) is 0 Å². The molecule has 2 aromatic rings. The quantitative estimate of drug-likeness (QED) is 0.486. The van der Waals surface area contributed by atoms with E-state index in [1.165, 1.54) is 18.2 Å². The highest BCUT2D eigenvalue weighted by molar-refractivity contribution is 7.89. The number of piperazine rings is 1. The minimum Gasteiger partial charge on any atom is -0.506 e. The highest BCUT2D eigenvalue weighted by atomic mass is 32.2. The van der Waals surface area contributed by atoms with Crippen LogP contribution in [0.25, 0.3) is 0 Å². The molecule has 2 N–H and O–H groups in total. The number of rotatable bonds is 6. The normalized spacial score (nSPS) is 21.7. The summed E-state index contributed by atoms with van der Waals surface area (Å²) in [6, 6.07) is 11.1. The first-order valence-electron chi connectivity index (χ1n) is 11.3. The minimum absolute atomic E-state index is 0.0792. The van der Waals surface area contributed by atoms with Gasteiger partial charge in [0.15, 0.2) is 0 Å². The minimum atomic E-state index is -3.84. The number of nitrogens with zero attached hydrogens (tertiary/aromatic N) is 3. The summed E-state index contributed by atoms with van der Waals surface area (Å²) >= 11 is 0. The van der Waals surface area contributed by atoms with Gasteiger partial charge in [-0.15, -0.1) is 0 Å². The van der Waals surface area contributed by atoms with E-state index >= 15 is 0 Å². The molecule has 4 rings (SSSR count). The Labute approximate surface area is 194 Å². The Morgan fingerprint density at radius 1 is 0.970 bits per heavy atom. The van der Waals surface area contributed by atoms with Gasteiger partial charge in [0.2, 0.25) is 10.0 Å². The number of sulfonamides is 1. The number of nitro benzene ring substituents is 1. The van der Waals surface area contributed by atoms with Gasteiger partial charge in [0.1, 0.15) is 11.4 Å². The van der Waals surface area contributed by atoms with E-state index in [1.807, 2.05) is 21.9 Å². The average molecular weight is 475 g/mol. The van der Waals surface area contributed by atoms with Crippen molar-refractivity contribution in [3.63, 3.8) is 0 Å². The molecule has 10 heteroatoms. The van der Waals surface area contributed by atoms with Gasteiger partial charge in [-0.2, -0.15) is 0 Å². The fourth-order valence-corrected chi connectivity index (χ4v) is 5.99. The van der Waals surface area contributed by atoms with E-state index in [4.69, 9.17) is 0 Å². The maximum atomic E-state index is 12.9. The van der Waals surface area contributed by atoms with Crippen LogP contribution in [0.5, 0.6) is 5.75 Å². The molecule has 178 valence electrons. The molecular weight excluding hydrogens is 444 g/mol. The number of hydrogen-bond acceptors (Lipinski definition) is 7. The van der Waals surface area contributed by atoms with E-state index in [2.05, 4.69) is 11.6 Å². The van der Waals surface area contributed by atoms with Crippen LogP contribution in [0.1, 0.15) is 32.6 Å². The van der Waals surface area contributed by atoms with Crippen LogP contribution in [0.15, 0.2) is 47.4 Å². The third-order valence-corrected chi connectivity index (χ3v) is 8.15. The maximum Gasteiger partial charge on any atom is 0.293 e. The lowest BCUT2D eigenvalue weighted by Gasteiger charge is -2.37. The maximum absolute atomic E-state index is 12.9. The third-order valence-electron chi connectivity index (χ3n) is 6.63. The van der Waals surface area contributed by atoms with Crippen LogP contribution in [0.4, 0.5) is 17.1 Å². The summed E-state index contributed by atoms with van der Waals surface area (Å²) in [5, 5.41) is 21.9. The summed E-state index contributed by atoms with van der Waals surface area (Å²) in [6.45, 7) is 4.35. The van der Waals surface area contributed by atoms with E-state index in [1.54, 1.807) is 12.1 Å². The molecule has 1 aliphatic heterocycles. The van der Waals surface area contributed by atoms with E-state index < -0.39 is 14.9 Å². The number of hydrogen-bond donors (Lipinski definition) is 2. The van der Waals surface area contributed by atoms with Gasteiger partial charge < -0.3 is 14.9 Å². The summed E-state index contributed by atoms with van der Waals surface area (Å²) in [4.78, 5) is 15.1. The van der Waals surface area contributed by atoms with Crippen molar-refractivity contribution < 1.29 is 18.4 Å². The van der Waals surface area contributed by atoms with Crippen LogP contribution < -0.4 is 14.5 Å². The van der Waals surface area contributed by atoms with Crippen LogP contribution in [-0.2, 0) is 10.0 Å². The van der Waals surface area contributed by atoms with Crippen molar-refractivity contribution in [1.29, 1.82) is 0 Å². The molecule has 1 aliphatic carbocycles. The van der Waals surface area contributed by atoms with Crippen molar-refractivity contribution >= 4 is 27.1 Å². The molecule has 0 amide bonds. The first kappa shape index (κ1) is 23.3. The van der Waals surface area contributed by atoms with E-state index in [9.17, 15) is 23.6 Å². The number of aromatic hydroxyl groups is 1. The lowest BCUT2D eigenvalue weighted by molar-refractivity contribution is -0.384. The molecule has 1 heterocycles. The van der Waals surface area contributed by atoms with Crippen molar-refractivity contribution in [3.8, 4) is 5.75 Å². The number of anilines is 2. The Morgan fingerprint density at radius 2 is 1.58 bits per heavy atom. The Hall–Kier alpha value is -2.85. The van der Waals surface area contributed by atoms with Gasteiger partial charge in [0.25, 0.3) is 5.69 Å².